The third-order valence-electron chi connectivity index (χ3n) is 3.25. The van der Waals surface area contributed by atoms with Crippen LogP contribution in [0.3, 0.4) is 0 Å². The molecule has 0 spiro atoms. The number of unbranched alkanes of at least 4 members (excludes halogenated alkanes) is 1. The Morgan fingerprint density at radius 1 is 1.50 bits per heavy atom. The molecule has 6 nitrogen and oxygen atoms in total. The summed E-state index contributed by atoms with van der Waals surface area (Å²) in [6, 6.07) is 0. The topological polar surface area (TPSA) is 87.8 Å². The molecule has 1 rings (SSSR count). The lowest BCUT2D eigenvalue weighted by molar-refractivity contribution is -0.132. The maximum absolute atomic E-state index is 11.3. The molecule has 106 valence electrons. The molecular formula is C12H25N3O3. The van der Waals surface area contributed by atoms with Crippen molar-refractivity contribution >= 4 is 5.91 Å². The molecule has 1 fully saturated rings. The van der Waals surface area contributed by atoms with Crippen molar-refractivity contribution in [2.24, 2.45) is 5.84 Å². The van der Waals surface area contributed by atoms with Crippen LogP contribution in [0, 0.1) is 0 Å². The molecule has 1 heterocycles. The molecule has 1 aliphatic rings. The van der Waals surface area contributed by atoms with E-state index in [1.807, 2.05) is 0 Å². The number of nitrogens with two attached hydrogens (primary N) is 1. The molecule has 2 atom stereocenters. The van der Waals surface area contributed by atoms with Crippen LogP contribution in [-0.4, -0.2) is 54.4 Å². The van der Waals surface area contributed by atoms with E-state index in [4.69, 9.17) is 15.7 Å². The van der Waals surface area contributed by atoms with Crippen LogP contribution in [-0.2, 0) is 9.53 Å². The van der Waals surface area contributed by atoms with Gasteiger partial charge in [0.2, 0.25) is 0 Å². The third kappa shape index (κ3) is 4.89. The second kappa shape index (κ2) is 8.42. The Morgan fingerprint density at radius 3 is 2.89 bits per heavy atom. The van der Waals surface area contributed by atoms with Crippen molar-refractivity contribution in [1.29, 1.82) is 0 Å². The van der Waals surface area contributed by atoms with Crippen molar-refractivity contribution in [2.75, 3.05) is 26.2 Å². The Kier molecular flexibility index (Phi) is 7.19. The molecule has 4 N–H and O–H groups in total. The highest BCUT2D eigenvalue weighted by Gasteiger charge is 2.31. The number of nitrogens with zero attached hydrogens (tertiary/aromatic N) is 1. The number of carbonyl (C=O) groups is 1. The Hall–Kier alpha value is -0.690. The molecule has 0 aromatic carbocycles. The van der Waals surface area contributed by atoms with Gasteiger partial charge in [0.25, 0.3) is 5.91 Å². The monoisotopic (exact) mass is 259 g/mol. The summed E-state index contributed by atoms with van der Waals surface area (Å²) in [7, 11) is 0. The fourth-order valence-electron chi connectivity index (χ4n) is 2.23. The highest BCUT2D eigenvalue weighted by molar-refractivity contribution is 5.80. The fraction of sp³-hybridized carbons (Fsp3) is 0.917. The number of aliphatic hydroxyl groups excluding tert-OH is 1. The van der Waals surface area contributed by atoms with Gasteiger partial charge in [-0.2, -0.15) is 0 Å². The highest BCUT2D eigenvalue weighted by atomic mass is 16.5. The van der Waals surface area contributed by atoms with Crippen LogP contribution >= 0.6 is 0 Å². The number of hydrazine groups is 1. The normalized spacial score (nSPS) is 23.6. The summed E-state index contributed by atoms with van der Waals surface area (Å²) in [5.41, 5.74) is 2.12. The Labute approximate surface area is 108 Å². The lowest BCUT2D eigenvalue weighted by atomic mass is 10.2. The first-order valence-corrected chi connectivity index (χ1v) is 6.70. The summed E-state index contributed by atoms with van der Waals surface area (Å²) in [6.45, 7) is 4.70. The number of ether oxygens (including phenoxy) is 1. The maximum atomic E-state index is 11.3. The van der Waals surface area contributed by atoms with Crippen LogP contribution in [0.5, 0.6) is 0 Å². The van der Waals surface area contributed by atoms with Gasteiger partial charge in [-0.3, -0.25) is 15.1 Å². The van der Waals surface area contributed by atoms with Crippen molar-refractivity contribution in [1.82, 2.24) is 10.3 Å². The molecule has 1 saturated heterocycles. The zero-order chi connectivity index (χ0) is 13.4. The van der Waals surface area contributed by atoms with Gasteiger partial charge in [-0.1, -0.05) is 13.3 Å². The molecule has 0 aromatic rings. The second-order valence-electron chi connectivity index (χ2n) is 4.71. The van der Waals surface area contributed by atoms with Crippen LogP contribution in [0.4, 0.5) is 0 Å². The predicted octanol–water partition coefficient (Wildman–Crippen LogP) is -0.382. The van der Waals surface area contributed by atoms with Crippen LogP contribution in [0.1, 0.15) is 32.6 Å². The summed E-state index contributed by atoms with van der Waals surface area (Å²) < 4.78 is 5.66. The van der Waals surface area contributed by atoms with E-state index in [1.165, 1.54) is 0 Å². The lowest BCUT2D eigenvalue weighted by Gasteiger charge is -2.24. The number of rotatable bonds is 8. The van der Waals surface area contributed by atoms with E-state index in [0.29, 0.717) is 13.0 Å². The SMILES string of the molecule is CCCCN(CCO)CC1CCC(C(=O)NN)O1. The van der Waals surface area contributed by atoms with E-state index < -0.39 is 6.10 Å². The third-order valence-corrected chi connectivity index (χ3v) is 3.25. The van der Waals surface area contributed by atoms with Crippen molar-refractivity contribution in [2.45, 2.75) is 44.8 Å². The average Bonchev–Trinajstić information content (AvgIpc) is 2.83. The predicted molar refractivity (Wildman–Crippen MR) is 68.7 cm³/mol. The Morgan fingerprint density at radius 2 is 2.28 bits per heavy atom. The summed E-state index contributed by atoms with van der Waals surface area (Å²) in [5, 5.41) is 9.03. The quantitative estimate of drug-likeness (QED) is 0.314. The largest absolute Gasteiger partial charge is 0.395 e. The lowest BCUT2D eigenvalue weighted by Crippen LogP contribution is -2.40. The van der Waals surface area contributed by atoms with E-state index in [2.05, 4.69) is 17.2 Å². The Balaban J connectivity index is 2.34. The molecule has 2 unspecified atom stereocenters. The minimum atomic E-state index is -0.415. The minimum absolute atomic E-state index is 0.0655. The summed E-state index contributed by atoms with van der Waals surface area (Å²) in [6.07, 6.45) is 3.48. The molecule has 1 aliphatic heterocycles. The standard InChI is InChI=1S/C12H25N3O3/c1-2-3-6-15(7-8-16)9-10-4-5-11(18-10)12(17)14-13/h10-11,16H,2-9,13H2,1H3,(H,14,17). The van der Waals surface area contributed by atoms with Crippen molar-refractivity contribution in [3.63, 3.8) is 0 Å². The van der Waals surface area contributed by atoms with Gasteiger partial charge in [0.15, 0.2) is 0 Å². The summed E-state index contributed by atoms with van der Waals surface area (Å²) in [5.74, 6) is 4.84. The van der Waals surface area contributed by atoms with E-state index in [0.717, 1.165) is 32.4 Å². The minimum Gasteiger partial charge on any atom is -0.395 e. The van der Waals surface area contributed by atoms with Crippen LogP contribution in [0.25, 0.3) is 0 Å². The molecule has 6 heteroatoms. The number of hydrogen-bond donors (Lipinski definition) is 3. The zero-order valence-electron chi connectivity index (χ0n) is 11.1. The van der Waals surface area contributed by atoms with E-state index >= 15 is 0 Å². The van der Waals surface area contributed by atoms with Crippen molar-refractivity contribution in [3.05, 3.63) is 0 Å². The number of amides is 1. The van der Waals surface area contributed by atoms with Gasteiger partial charge in [0.05, 0.1) is 12.7 Å². The van der Waals surface area contributed by atoms with Crippen molar-refractivity contribution in [3.8, 4) is 0 Å². The summed E-state index contributed by atoms with van der Waals surface area (Å²) in [4.78, 5) is 13.5. The molecule has 0 aromatic heterocycles. The molecule has 0 radical (unpaired) electrons. The smallest absolute Gasteiger partial charge is 0.263 e. The second-order valence-corrected chi connectivity index (χ2v) is 4.71. The number of hydrogen-bond acceptors (Lipinski definition) is 5. The van der Waals surface area contributed by atoms with Gasteiger partial charge in [0.1, 0.15) is 6.10 Å². The number of aliphatic hydroxyl groups is 1. The zero-order valence-corrected chi connectivity index (χ0v) is 11.1. The van der Waals surface area contributed by atoms with E-state index in [-0.39, 0.29) is 18.6 Å². The highest BCUT2D eigenvalue weighted by Crippen LogP contribution is 2.20. The molecule has 0 bridgehead atoms. The fourth-order valence-corrected chi connectivity index (χ4v) is 2.23. The number of carbonyl (C=O) groups excluding carboxylic acids is 1. The Bertz CT molecular complexity index is 251. The molecule has 1 amide bonds. The van der Waals surface area contributed by atoms with Gasteiger partial charge in [0, 0.05) is 13.1 Å². The first kappa shape index (κ1) is 15.4. The van der Waals surface area contributed by atoms with E-state index in [9.17, 15) is 4.79 Å². The van der Waals surface area contributed by atoms with E-state index in [1.54, 1.807) is 0 Å². The van der Waals surface area contributed by atoms with Gasteiger partial charge in [-0.15, -0.1) is 0 Å². The van der Waals surface area contributed by atoms with Gasteiger partial charge in [-0.25, -0.2) is 5.84 Å². The van der Waals surface area contributed by atoms with Gasteiger partial charge < -0.3 is 9.84 Å². The maximum Gasteiger partial charge on any atom is 0.263 e. The first-order valence-electron chi connectivity index (χ1n) is 6.70. The van der Waals surface area contributed by atoms with Crippen molar-refractivity contribution < 1.29 is 14.6 Å². The average molecular weight is 259 g/mol. The van der Waals surface area contributed by atoms with Crippen LogP contribution in [0.2, 0.25) is 0 Å². The molecule has 18 heavy (non-hydrogen) atoms. The molecule has 0 aliphatic carbocycles. The van der Waals surface area contributed by atoms with Gasteiger partial charge >= 0.3 is 0 Å². The first-order chi connectivity index (χ1) is 8.71. The number of nitrogens with one attached hydrogen (secondary N) is 1. The van der Waals surface area contributed by atoms with Gasteiger partial charge in [-0.05, 0) is 25.8 Å². The molecular weight excluding hydrogens is 234 g/mol. The van der Waals surface area contributed by atoms with Crippen LogP contribution in [0.15, 0.2) is 0 Å². The molecule has 0 saturated carbocycles. The van der Waals surface area contributed by atoms with Crippen LogP contribution < -0.4 is 11.3 Å². The summed E-state index contributed by atoms with van der Waals surface area (Å²) >= 11 is 0.